The normalized spacial score (nSPS) is 23.7. The van der Waals surface area contributed by atoms with Crippen molar-refractivity contribution >= 4 is 17.5 Å². The van der Waals surface area contributed by atoms with Gasteiger partial charge in [0.05, 0.1) is 19.6 Å². The predicted molar refractivity (Wildman–Crippen MR) is 98.9 cm³/mol. The second-order valence-electron chi connectivity index (χ2n) is 7.49. The summed E-state index contributed by atoms with van der Waals surface area (Å²) in [6, 6.07) is 7.37. The van der Waals surface area contributed by atoms with Gasteiger partial charge in [0.1, 0.15) is 0 Å². The van der Waals surface area contributed by atoms with Crippen LogP contribution in [0.2, 0.25) is 0 Å². The van der Waals surface area contributed by atoms with Crippen LogP contribution in [0.25, 0.3) is 0 Å². The number of amides is 2. The van der Waals surface area contributed by atoms with Gasteiger partial charge < -0.3 is 15.1 Å². The van der Waals surface area contributed by atoms with Gasteiger partial charge in [0.25, 0.3) is 5.91 Å². The molecule has 0 radical (unpaired) electrons. The summed E-state index contributed by atoms with van der Waals surface area (Å²) in [5.41, 5.74) is 1.55. The highest BCUT2D eigenvalue weighted by Gasteiger charge is 2.22. The van der Waals surface area contributed by atoms with E-state index in [9.17, 15) is 9.59 Å². The summed E-state index contributed by atoms with van der Waals surface area (Å²) >= 11 is 0. The van der Waals surface area contributed by atoms with E-state index < -0.39 is 0 Å². The third kappa shape index (κ3) is 4.82. The number of carbonyl (C=O) groups is 2. The highest BCUT2D eigenvalue weighted by Crippen LogP contribution is 2.21. The third-order valence-corrected chi connectivity index (χ3v) is 5.49. The van der Waals surface area contributed by atoms with Crippen LogP contribution in [-0.2, 0) is 4.79 Å². The Morgan fingerprint density at radius 1 is 1.24 bits per heavy atom. The number of likely N-dealkylation sites (tertiary alicyclic amines) is 1. The molecular weight excluding hydrogens is 314 g/mol. The van der Waals surface area contributed by atoms with Crippen molar-refractivity contribution in [3.05, 3.63) is 29.8 Å². The molecular formula is C20H30N3O2+. The first-order valence-corrected chi connectivity index (χ1v) is 9.65. The fourth-order valence-electron chi connectivity index (χ4n) is 3.78. The Morgan fingerprint density at radius 2 is 1.96 bits per heavy atom. The Bertz CT molecular complexity index is 591. The first kappa shape index (κ1) is 17.9. The van der Waals surface area contributed by atoms with Crippen LogP contribution in [0.15, 0.2) is 24.3 Å². The zero-order valence-electron chi connectivity index (χ0n) is 15.2. The molecule has 1 aromatic rings. The number of nitrogens with one attached hydrogen (secondary N) is 2. The Labute approximate surface area is 150 Å². The third-order valence-electron chi connectivity index (χ3n) is 5.49. The molecule has 1 aromatic carbocycles. The van der Waals surface area contributed by atoms with E-state index in [1.807, 2.05) is 24.3 Å². The molecule has 136 valence electrons. The molecule has 0 unspecified atom stereocenters. The fraction of sp³-hybridized carbons (Fsp3) is 0.600. The number of carbonyl (C=O) groups excluding carboxylic acids is 2. The summed E-state index contributed by atoms with van der Waals surface area (Å²) in [6.07, 6.45) is 5.22. The van der Waals surface area contributed by atoms with Crippen molar-refractivity contribution < 1.29 is 14.5 Å². The van der Waals surface area contributed by atoms with Crippen molar-refractivity contribution in [2.45, 2.75) is 39.0 Å². The number of hydrogen-bond acceptors (Lipinski definition) is 2. The largest absolute Gasteiger partial charge is 0.352 e. The molecule has 2 amide bonds. The van der Waals surface area contributed by atoms with E-state index in [-0.39, 0.29) is 11.8 Å². The van der Waals surface area contributed by atoms with Crippen LogP contribution >= 0.6 is 0 Å². The number of anilines is 1. The number of benzene rings is 1. The van der Waals surface area contributed by atoms with Crippen molar-refractivity contribution in [2.24, 2.45) is 5.92 Å². The van der Waals surface area contributed by atoms with Crippen LogP contribution in [0.1, 0.15) is 49.4 Å². The smallest absolute Gasteiger partial charge is 0.251 e. The van der Waals surface area contributed by atoms with Crippen LogP contribution in [-0.4, -0.2) is 44.5 Å². The van der Waals surface area contributed by atoms with Gasteiger partial charge in [0, 0.05) is 37.2 Å². The number of quaternary nitrogens is 1. The van der Waals surface area contributed by atoms with Gasteiger partial charge >= 0.3 is 0 Å². The number of piperidine rings is 1. The second-order valence-corrected chi connectivity index (χ2v) is 7.49. The lowest BCUT2D eigenvalue weighted by Gasteiger charge is -2.27. The summed E-state index contributed by atoms with van der Waals surface area (Å²) in [4.78, 5) is 27.5. The molecule has 2 fully saturated rings. The maximum Gasteiger partial charge on any atom is 0.251 e. The number of hydrogen-bond donors (Lipinski definition) is 2. The van der Waals surface area contributed by atoms with E-state index in [2.05, 4.69) is 12.2 Å². The lowest BCUT2D eigenvalue weighted by molar-refractivity contribution is -0.906. The van der Waals surface area contributed by atoms with E-state index in [4.69, 9.17) is 0 Å². The van der Waals surface area contributed by atoms with Gasteiger partial charge in [-0.2, -0.15) is 0 Å². The molecule has 0 spiro atoms. The summed E-state index contributed by atoms with van der Waals surface area (Å²) in [6.45, 7) is 7.52. The van der Waals surface area contributed by atoms with Gasteiger partial charge in [-0.3, -0.25) is 9.59 Å². The minimum absolute atomic E-state index is 0.0263. The fourth-order valence-corrected chi connectivity index (χ4v) is 3.78. The zero-order valence-corrected chi connectivity index (χ0v) is 15.2. The molecule has 0 atom stereocenters. The lowest BCUT2D eigenvalue weighted by atomic mass is 9.99. The second kappa shape index (κ2) is 8.48. The van der Waals surface area contributed by atoms with Crippen molar-refractivity contribution in [3.8, 4) is 0 Å². The average molecular weight is 344 g/mol. The monoisotopic (exact) mass is 344 g/mol. The van der Waals surface area contributed by atoms with Crippen molar-refractivity contribution in [2.75, 3.05) is 37.6 Å². The van der Waals surface area contributed by atoms with E-state index in [1.54, 1.807) is 9.80 Å². The molecule has 2 N–H and O–H groups in total. The van der Waals surface area contributed by atoms with Crippen molar-refractivity contribution in [1.82, 2.24) is 5.32 Å². The van der Waals surface area contributed by atoms with Crippen LogP contribution in [0, 0.1) is 5.92 Å². The van der Waals surface area contributed by atoms with Gasteiger partial charge in [-0.25, -0.2) is 0 Å². The molecule has 0 aromatic heterocycles. The number of rotatable bonds is 6. The molecule has 2 aliphatic heterocycles. The summed E-state index contributed by atoms with van der Waals surface area (Å²) in [5, 5.41) is 3.01. The van der Waals surface area contributed by atoms with Crippen LogP contribution in [0.5, 0.6) is 0 Å². The Balaban J connectivity index is 1.40. The topological polar surface area (TPSA) is 53.9 Å². The molecule has 3 rings (SSSR count). The highest BCUT2D eigenvalue weighted by atomic mass is 16.2. The zero-order chi connectivity index (χ0) is 17.6. The van der Waals surface area contributed by atoms with Crippen molar-refractivity contribution in [1.29, 1.82) is 0 Å². The molecule has 0 saturated carbocycles. The molecule has 2 saturated heterocycles. The molecule has 0 bridgehead atoms. The van der Waals surface area contributed by atoms with E-state index in [0.717, 1.165) is 44.1 Å². The quantitative estimate of drug-likeness (QED) is 0.763. The molecule has 25 heavy (non-hydrogen) atoms. The average Bonchev–Trinajstić information content (AvgIpc) is 3.06. The van der Waals surface area contributed by atoms with Crippen LogP contribution in [0.4, 0.5) is 5.69 Å². The van der Waals surface area contributed by atoms with Gasteiger partial charge in [0.15, 0.2) is 0 Å². The molecule has 5 nitrogen and oxygen atoms in total. The number of nitrogens with zero attached hydrogens (tertiary/aromatic N) is 1. The first-order valence-electron chi connectivity index (χ1n) is 9.65. The SMILES string of the molecule is CC1CC[NH+](CCCNC(=O)c2ccc(N3CCCC3=O)cc2)CC1. The predicted octanol–water partition coefficient (Wildman–Crippen LogP) is 1.25. The Kier molecular flexibility index (Phi) is 6.08. The lowest BCUT2D eigenvalue weighted by Crippen LogP contribution is -3.13. The molecule has 0 aliphatic carbocycles. The Morgan fingerprint density at radius 3 is 2.60 bits per heavy atom. The first-order chi connectivity index (χ1) is 12.1. The minimum atomic E-state index is -0.0263. The van der Waals surface area contributed by atoms with Gasteiger partial charge in [0.2, 0.25) is 5.91 Å². The maximum atomic E-state index is 12.2. The van der Waals surface area contributed by atoms with Gasteiger partial charge in [-0.15, -0.1) is 0 Å². The van der Waals surface area contributed by atoms with Gasteiger partial charge in [-0.1, -0.05) is 6.92 Å². The molecule has 5 heteroatoms. The molecule has 2 heterocycles. The standard InChI is InChI=1S/C20H29N3O2/c1-16-9-14-22(15-10-16)12-3-11-21-20(25)17-5-7-18(8-6-17)23-13-2-4-19(23)24/h5-8,16H,2-4,9-15H2,1H3,(H,21,25)/p+1. The maximum absolute atomic E-state index is 12.2. The summed E-state index contributed by atoms with van der Waals surface area (Å²) < 4.78 is 0. The van der Waals surface area contributed by atoms with Crippen LogP contribution < -0.4 is 15.1 Å². The van der Waals surface area contributed by atoms with E-state index in [1.165, 1.54) is 25.9 Å². The highest BCUT2D eigenvalue weighted by molar-refractivity contribution is 5.97. The van der Waals surface area contributed by atoms with E-state index >= 15 is 0 Å². The molecule has 2 aliphatic rings. The summed E-state index contributed by atoms with van der Waals surface area (Å²) in [7, 11) is 0. The minimum Gasteiger partial charge on any atom is -0.352 e. The van der Waals surface area contributed by atoms with Crippen LogP contribution in [0.3, 0.4) is 0 Å². The Hall–Kier alpha value is -1.88. The summed E-state index contributed by atoms with van der Waals surface area (Å²) in [5.74, 6) is 1.02. The van der Waals surface area contributed by atoms with E-state index in [0.29, 0.717) is 12.0 Å². The van der Waals surface area contributed by atoms with Gasteiger partial charge in [-0.05, 0) is 49.4 Å². The van der Waals surface area contributed by atoms with Crippen molar-refractivity contribution in [3.63, 3.8) is 0 Å².